The number of rotatable bonds is 7. The maximum absolute atomic E-state index is 13.1. The van der Waals surface area contributed by atoms with Gasteiger partial charge >= 0.3 is 17.7 Å². The topological polar surface area (TPSA) is 94.8 Å². The number of halogens is 1. The minimum atomic E-state index is -1.04. The zero-order chi connectivity index (χ0) is 24.9. The van der Waals surface area contributed by atoms with E-state index in [1.54, 1.807) is 26.8 Å². The Hall–Kier alpha value is -3.32. The monoisotopic (exact) mass is 485 g/mol. The van der Waals surface area contributed by atoms with Crippen molar-refractivity contribution >= 4 is 34.6 Å². The number of carbonyl (C=O) groups excluding carboxylic acids is 2. The summed E-state index contributed by atoms with van der Waals surface area (Å²) in [5.74, 6) is -0.706. The number of hydrogen-bond acceptors (Lipinski definition) is 6. The van der Waals surface area contributed by atoms with Gasteiger partial charge in [-0.25, -0.2) is 14.4 Å². The molecule has 0 aliphatic rings. The molecule has 8 heteroatoms. The van der Waals surface area contributed by atoms with Crippen LogP contribution in [0.5, 0.6) is 5.75 Å². The summed E-state index contributed by atoms with van der Waals surface area (Å²) in [7, 11) is 0. The molecule has 3 aromatic rings. The molecule has 34 heavy (non-hydrogen) atoms. The quantitative estimate of drug-likeness (QED) is 0.272. The molecule has 0 aliphatic heterocycles. The van der Waals surface area contributed by atoms with Crippen LogP contribution >= 0.6 is 11.6 Å². The fourth-order valence-electron chi connectivity index (χ4n) is 3.45. The van der Waals surface area contributed by atoms with Crippen molar-refractivity contribution in [3.05, 3.63) is 75.1 Å². The summed E-state index contributed by atoms with van der Waals surface area (Å²) in [5.41, 5.74) is 0.662. The minimum Gasteiger partial charge on any atom is -0.444 e. The van der Waals surface area contributed by atoms with E-state index in [9.17, 15) is 14.4 Å². The molecule has 1 unspecified atom stereocenters. The summed E-state index contributed by atoms with van der Waals surface area (Å²) in [4.78, 5) is 37.5. The highest BCUT2D eigenvalue weighted by Crippen LogP contribution is 2.32. The first-order valence-electron chi connectivity index (χ1n) is 11.1. The van der Waals surface area contributed by atoms with Gasteiger partial charge in [0, 0.05) is 23.9 Å². The van der Waals surface area contributed by atoms with Crippen LogP contribution in [0.1, 0.15) is 45.2 Å². The van der Waals surface area contributed by atoms with Gasteiger partial charge in [-0.05, 0) is 44.4 Å². The van der Waals surface area contributed by atoms with Crippen LogP contribution in [0, 0.1) is 0 Å². The van der Waals surface area contributed by atoms with E-state index in [1.165, 1.54) is 12.1 Å². The van der Waals surface area contributed by atoms with Crippen LogP contribution in [0.15, 0.2) is 57.7 Å². The van der Waals surface area contributed by atoms with Crippen LogP contribution in [0.3, 0.4) is 0 Å². The van der Waals surface area contributed by atoms with Crippen molar-refractivity contribution in [3.8, 4) is 5.75 Å². The van der Waals surface area contributed by atoms with Crippen molar-refractivity contribution in [3.63, 3.8) is 0 Å². The Labute approximate surface area is 203 Å². The Balaban J connectivity index is 1.89. The molecule has 0 bridgehead atoms. The number of hydrogen-bond donors (Lipinski definition) is 1. The predicted molar refractivity (Wildman–Crippen MR) is 130 cm³/mol. The number of esters is 1. The standard InChI is InChI=1S/C26H28ClNO6/c1-5-9-17-13-23(29)32-21-15-22(19(27)14-18(17)21)33-24(30)20(12-16-10-7-6-8-11-16)28-25(31)34-26(2,3)4/h6-8,10-11,13-15,20H,5,9,12H2,1-4H3,(H,28,31). The fourth-order valence-corrected chi connectivity index (χ4v) is 3.66. The third kappa shape index (κ3) is 6.84. The molecule has 3 rings (SSSR count). The van der Waals surface area contributed by atoms with Gasteiger partial charge in [-0.2, -0.15) is 0 Å². The molecule has 1 amide bonds. The van der Waals surface area contributed by atoms with Gasteiger partial charge < -0.3 is 19.2 Å². The number of alkyl carbamates (subject to hydrolysis) is 1. The number of carbonyl (C=O) groups is 2. The van der Waals surface area contributed by atoms with Crippen molar-refractivity contribution in [2.75, 3.05) is 0 Å². The third-order valence-electron chi connectivity index (χ3n) is 4.87. The van der Waals surface area contributed by atoms with Gasteiger partial charge in [-0.15, -0.1) is 0 Å². The maximum atomic E-state index is 13.1. The molecule has 1 heterocycles. The van der Waals surface area contributed by atoms with Gasteiger partial charge in [-0.1, -0.05) is 55.3 Å². The number of ether oxygens (including phenoxy) is 2. The lowest BCUT2D eigenvalue weighted by molar-refractivity contribution is -0.136. The van der Waals surface area contributed by atoms with E-state index in [1.807, 2.05) is 37.3 Å². The average molecular weight is 486 g/mol. The van der Waals surface area contributed by atoms with Crippen LogP contribution in [0.2, 0.25) is 5.02 Å². The second-order valence-electron chi connectivity index (χ2n) is 8.93. The molecule has 1 atom stereocenters. The predicted octanol–water partition coefficient (Wildman–Crippen LogP) is 5.44. The van der Waals surface area contributed by atoms with Crippen LogP contribution < -0.4 is 15.7 Å². The summed E-state index contributed by atoms with van der Waals surface area (Å²) < 4.78 is 16.2. The zero-order valence-corrected chi connectivity index (χ0v) is 20.4. The lowest BCUT2D eigenvalue weighted by Gasteiger charge is -2.23. The molecular weight excluding hydrogens is 458 g/mol. The Kier molecular flexibility index (Phi) is 7.99. The molecule has 1 N–H and O–H groups in total. The van der Waals surface area contributed by atoms with E-state index >= 15 is 0 Å². The first-order chi connectivity index (χ1) is 16.1. The molecule has 0 radical (unpaired) electrons. The summed E-state index contributed by atoms with van der Waals surface area (Å²) in [6, 6.07) is 12.6. The van der Waals surface area contributed by atoms with Crippen LogP contribution in [0.25, 0.3) is 11.0 Å². The van der Waals surface area contributed by atoms with Gasteiger partial charge in [0.15, 0.2) is 5.75 Å². The molecule has 1 aromatic heterocycles. The average Bonchev–Trinajstić information content (AvgIpc) is 2.74. The molecule has 0 spiro atoms. The van der Waals surface area contributed by atoms with Crippen LogP contribution in [0.4, 0.5) is 4.79 Å². The van der Waals surface area contributed by atoms with Crippen molar-refractivity contribution in [1.29, 1.82) is 0 Å². The lowest BCUT2D eigenvalue weighted by Crippen LogP contribution is -2.46. The SMILES string of the molecule is CCCc1cc(=O)oc2cc(OC(=O)C(Cc3ccccc3)NC(=O)OC(C)(C)C)c(Cl)cc12. The Morgan fingerprint density at radius 3 is 2.47 bits per heavy atom. The number of nitrogens with one attached hydrogen (secondary N) is 1. The highest BCUT2D eigenvalue weighted by atomic mass is 35.5. The first kappa shape index (κ1) is 25.3. The third-order valence-corrected chi connectivity index (χ3v) is 5.17. The van der Waals surface area contributed by atoms with E-state index in [-0.39, 0.29) is 22.8 Å². The number of fused-ring (bicyclic) bond motifs is 1. The molecular formula is C26H28ClNO6. The zero-order valence-electron chi connectivity index (χ0n) is 19.6. The summed E-state index contributed by atoms with van der Waals surface area (Å²) in [6.07, 6.45) is 0.950. The van der Waals surface area contributed by atoms with Crippen molar-refractivity contribution < 1.29 is 23.5 Å². The highest BCUT2D eigenvalue weighted by Gasteiger charge is 2.27. The number of aryl methyl sites for hydroxylation is 1. The van der Waals surface area contributed by atoms with Gasteiger partial charge in [0.1, 0.15) is 17.2 Å². The van der Waals surface area contributed by atoms with E-state index < -0.39 is 29.3 Å². The molecule has 0 aliphatic carbocycles. The van der Waals surface area contributed by atoms with E-state index in [0.29, 0.717) is 11.8 Å². The summed E-state index contributed by atoms with van der Waals surface area (Å²) in [6.45, 7) is 7.19. The highest BCUT2D eigenvalue weighted by molar-refractivity contribution is 6.33. The molecule has 0 saturated heterocycles. The first-order valence-corrected chi connectivity index (χ1v) is 11.4. The fraction of sp³-hybridized carbons (Fsp3) is 0.346. The molecule has 180 valence electrons. The normalized spacial score (nSPS) is 12.3. The van der Waals surface area contributed by atoms with Gasteiger partial charge in [0.25, 0.3) is 0 Å². The maximum Gasteiger partial charge on any atom is 0.408 e. The van der Waals surface area contributed by atoms with E-state index in [0.717, 1.165) is 17.5 Å². The molecule has 7 nitrogen and oxygen atoms in total. The molecule has 0 fully saturated rings. The van der Waals surface area contributed by atoms with Gasteiger partial charge in [0.2, 0.25) is 0 Å². The van der Waals surface area contributed by atoms with E-state index in [2.05, 4.69) is 5.32 Å². The van der Waals surface area contributed by atoms with Crippen LogP contribution in [-0.2, 0) is 22.4 Å². The molecule has 0 saturated carbocycles. The molecule has 2 aromatic carbocycles. The Morgan fingerprint density at radius 2 is 1.82 bits per heavy atom. The van der Waals surface area contributed by atoms with Gasteiger partial charge in [0.05, 0.1) is 5.02 Å². The van der Waals surface area contributed by atoms with Crippen LogP contribution in [-0.4, -0.2) is 23.7 Å². The largest absolute Gasteiger partial charge is 0.444 e. The van der Waals surface area contributed by atoms with Crippen molar-refractivity contribution in [2.24, 2.45) is 0 Å². The lowest BCUT2D eigenvalue weighted by atomic mass is 10.1. The Morgan fingerprint density at radius 1 is 1.12 bits per heavy atom. The van der Waals surface area contributed by atoms with Crippen molar-refractivity contribution in [1.82, 2.24) is 5.32 Å². The smallest absolute Gasteiger partial charge is 0.408 e. The number of amides is 1. The second-order valence-corrected chi connectivity index (χ2v) is 9.34. The van der Waals surface area contributed by atoms with Crippen molar-refractivity contribution in [2.45, 2.75) is 58.6 Å². The summed E-state index contributed by atoms with van der Waals surface area (Å²) >= 11 is 6.41. The minimum absolute atomic E-state index is 0.0278. The summed E-state index contributed by atoms with van der Waals surface area (Å²) in [5, 5.41) is 3.44. The Bertz CT molecular complexity index is 1230. The van der Waals surface area contributed by atoms with Gasteiger partial charge in [-0.3, -0.25) is 0 Å². The second kappa shape index (κ2) is 10.7. The van der Waals surface area contributed by atoms with E-state index in [4.69, 9.17) is 25.5 Å². The number of benzene rings is 2.